The highest BCUT2D eigenvalue weighted by Gasteiger charge is 2.22. The number of benzene rings is 1. The zero-order chi connectivity index (χ0) is 10.1. The summed E-state index contributed by atoms with van der Waals surface area (Å²) in [4.78, 5) is 1.28. The molecule has 2 rings (SSSR count). The lowest BCUT2D eigenvalue weighted by Gasteiger charge is -2.23. The largest absolute Gasteiger partial charge is 0.121 e. The van der Waals surface area contributed by atoms with Crippen LogP contribution in [0.1, 0.15) is 16.5 Å². The molecule has 1 aliphatic rings. The number of halogens is 2. The molecule has 1 aromatic rings. The Balaban J connectivity index is 2.48. The standard InChI is InChI=1S/C11H10Cl2S/c1-7-2-3-10-9(4-7)11(13)8(5-12)6-14-10/h2-5,11H,6H2,1H3. The van der Waals surface area contributed by atoms with Gasteiger partial charge in [-0.2, -0.15) is 0 Å². The van der Waals surface area contributed by atoms with E-state index in [9.17, 15) is 0 Å². The lowest BCUT2D eigenvalue weighted by atomic mass is 10.0. The number of alkyl halides is 1. The molecular formula is C11H10Cl2S. The highest BCUT2D eigenvalue weighted by atomic mass is 35.5. The molecule has 0 amide bonds. The first-order valence-electron chi connectivity index (χ1n) is 4.39. The first-order valence-corrected chi connectivity index (χ1v) is 6.25. The number of fused-ring (bicyclic) bond motifs is 1. The Bertz CT molecular complexity index is 385. The van der Waals surface area contributed by atoms with Crippen LogP contribution in [0.15, 0.2) is 34.2 Å². The van der Waals surface area contributed by atoms with Crippen LogP contribution in [0, 0.1) is 6.92 Å². The molecule has 0 spiro atoms. The second-order valence-corrected chi connectivity index (χ2v) is 5.05. The zero-order valence-electron chi connectivity index (χ0n) is 7.76. The SMILES string of the molecule is Cc1ccc2c(c1)C(Cl)C(=CCl)CS2. The molecule has 0 fully saturated rings. The summed E-state index contributed by atoms with van der Waals surface area (Å²) in [6, 6.07) is 6.39. The van der Waals surface area contributed by atoms with Gasteiger partial charge in [0.2, 0.25) is 0 Å². The van der Waals surface area contributed by atoms with Crippen molar-refractivity contribution < 1.29 is 0 Å². The monoisotopic (exact) mass is 244 g/mol. The van der Waals surface area contributed by atoms with E-state index in [1.807, 2.05) is 0 Å². The molecule has 1 aromatic carbocycles. The Morgan fingerprint density at radius 3 is 3.00 bits per heavy atom. The van der Waals surface area contributed by atoms with Gasteiger partial charge in [-0.3, -0.25) is 0 Å². The van der Waals surface area contributed by atoms with Gasteiger partial charge >= 0.3 is 0 Å². The maximum Gasteiger partial charge on any atom is 0.0825 e. The van der Waals surface area contributed by atoms with Crippen LogP contribution in [-0.4, -0.2) is 5.75 Å². The molecule has 0 saturated heterocycles. The summed E-state index contributed by atoms with van der Waals surface area (Å²) in [5, 5.41) is -0.0522. The fourth-order valence-electron chi connectivity index (χ4n) is 1.52. The van der Waals surface area contributed by atoms with Crippen molar-refractivity contribution in [2.45, 2.75) is 17.2 Å². The third-order valence-electron chi connectivity index (χ3n) is 2.30. The van der Waals surface area contributed by atoms with Gasteiger partial charge in [-0.25, -0.2) is 0 Å². The van der Waals surface area contributed by atoms with Crippen LogP contribution in [0.3, 0.4) is 0 Å². The molecule has 1 aliphatic heterocycles. The number of hydrogen-bond donors (Lipinski definition) is 0. The van der Waals surface area contributed by atoms with E-state index in [2.05, 4.69) is 25.1 Å². The van der Waals surface area contributed by atoms with Gasteiger partial charge < -0.3 is 0 Å². The van der Waals surface area contributed by atoms with Crippen molar-refractivity contribution in [1.82, 2.24) is 0 Å². The zero-order valence-corrected chi connectivity index (χ0v) is 10.1. The Morgan fingerprint density at radius 1 is 1.50 bits per heavy atom. The summed E-state index contributed by atoms with van der Waals surface area (Å²) >= 11 is 13.8. The molecule has 0 saturated carbocycles. The molecule has 3 heteroatoms. The van der Waals surface area contributed by atoms with Crippen molar-refractivity contribution in [2.75, 3.05) is 5.75 Å². The molecule has 74 valence electrons. The maximum absolute atomic E-state index is 6.32. The number of aryl methyl sites for hydroxylation is 1. The van der Waals surface area contributed by atoms with E-state index in [4.69, 9.17) is 23.2 Å². The van der Waals surface area contributed by atoms with E-state index in [0.29, 0.717) is 0 Å². The predicted molar refractivity (Wildman–Crippen MR) is 64.4 cm³/mol. The summed E-state index contributed by atoms with van der Waals surface area (Å²) in [5.41, 5.74) is 5.13. The minimum atomic E-state index is -0.0522. The number of thioether (sulfide) groups is 1. The van der Waals surface area contributed by atoms with Crippen molar-refractivity contribution in [3.8, 4) is 0 Å². The van der Waals surface area contributed by atoms with Crippen LogP contribution in [-0.2, 0) is 0 Å². The first kappa shape index (κ1) is 10.4. The fraction of sp³-hybridized carbons (Fsp3) is 0.273. The Kier molecular flexibility index (Phi) is 3.10. The summed E-state index contributed by atoms with van der Waals surface area (Å²) in [7, 11) is 0. The van der Waals surface area contributed by atoms with E-state index >= 15 is 0 Å². The van der Waals surface area contributed by atoms with E-state index in [-0.39, 0.29) is 5.38 Å². The van der Waals surface area contributed by atoms with Crippen LogP contribution in [0.2, 0.25) is 0 Å². The Morgan fingerprint density at radius 2 is 2.29 bits per heavy atom. The van der Waals surface area contributed by atoms with Crippen molar-refractivity contribution in [3.63, 3.8) is 0 Å². The molecule has 1 atom stereocenters. The Hall–Kier alpha value is -0.110. The maximum atomic E-state index is 6.32. The molecule has 1 unspecified atom stereocenters. The highest BCUT2D eigenvalue weighted by molar-refractivity contribution is 7.99. The van der Waals surface area contributed by atoms with E-state index < -0.39 is 0 Å². The van der Waals surface area contributed by atoms with Crippen LogP contribution in [0.25, 0.3) is 0 Å². The van der Waals surface area contributed by atoms with Gasteiger partial charge in [0.25, 0.3) is 0 Å². The van der Waals surface area contributed by atoms with Crippen molar-refractivity contribution in [1.29, 1.82) is 0 Å². The molecule has 0 aromatic heterocycles. The van der Waals surface area contributed by atoms with Crippen LogP contribution < -0.4 is 0 Å². The minimum Gasteiger partial charge on any atom is -0.121 e. The molecule has 0 radical (unpaired) electrons. The average molecular weight is 245 g/mol. The van der Waals surface area contributed by atoms with Gasteiger partial charge in [0, 0.05) is 16.2 Å². The third kappa shape index (κ3) is 1.81. The van der Waals surface area contributed by atoms with Gasteiger partial charge in [-0.1, -0.05) is 29.3 Å². The smallest absolute Gasteiger partial charge is 0.0825 e. The Labute approximate surface area is 98.3 Å². The third-order valence-corrected chi connectivity index (χ3v) is 4.25. The van der Waals surface area contributed by atoms with E-state index in [1.54, 1.807) is 17.3 Å². The first-order chi connectivity index (χ1) is 6.72. The van der Waals surface area contributed by atoms with Crippen LogP contribution >= 0.6 is 35.0 Å². The van der Waals surface area contributed by atoms with Gasteiger partial charge in [0.05, 0.1) is 5.38 Å². The van der Waals surface area contributed by atoms with Crippen LogP contribution in [0.5, 0.6) is 0 Å². The van der Waals surface area contributed by atoms with Gasteiger partial charge in [0.1, 0.15) is 0 Å². The van der Waals surface area contributed by atoms with Crippen LogP contribution in [0.4, 0.5) is 0 Å². The summed E-state index contributed by atoms with van der Waals surface area (Å²) in [6.07, 6.45) is 0. The van der Waals surface area contributed by atoms with Gasteiger partial charge in [-0.05, 0) is 24.1 Å². The van der Waals surface area contributed by atoms with E-state index in [1.165, 1.54) is 16.0 Å². The molecule has 14 heavy (non-hydrogen) atoms. The van der Waals surface area contributed by atoms with Crippen molar-refractivity contribution in [2.24, 2.45) is 0 Å². The lowest BCUT2D eigenvalue weighted by Crippen LogP contribution is -2.05. The molecule has 0 nitrogen and oxygen atoms in total. The summed E-state index contributed by atoms with van der Waals surface area (Å²) < 4.78 is 0. The second-order valence-electron chi connectivity index (χ2n) is 3.38. The predicted octanol–water partition coefficient (Wildman–Crippen LogP) is 4.50. The number of rotatable bonds is 0. The fourth-order valence-corrected chi connectivity index (χ4v) is 3.43. The van der Waals surface area contributed by atoms with Crippen molar-refractivity contribution >= 4 is 35.0 Å². The topological polar surface area (TPSA) is 0 Å². The van der Waals surface area contributed by atoms with E-state index in [0.717, 1.165) is 11.3 Å². The van der Waals surface area contributed by atoms with Gasteiger partial charge in [0.15, 0.2) is 0 Å². The van der Waals surface area contributed by atoms with Gasteiger partial charge in [-0.15, -0.1) is 23.4 Å². The normalized spacial score (nSPS) is 23.6. The second kappa shape index (κ2) is 4.18. The molecule has 0 aliphatic carbocycles. The minimum absolute atomic E-state index is 0.0522. The lowest BCUT2D eigenvalue weighted by molar-refractivity contribution is 1.03. The molecule has 0 N–H and O–H groups in total. The average Bonchev–Trinajstić information content (AvgIpc) is 2.20. The van der Waals surface area contributed by atoms with Crippen molar-refractivity contribution in [3.05, 3.63) is 40.4 Å². The molecule has 0 bridgehead atoms. The highest BCUT2D eigenvalue weighted by Crippen LogP contribution is 2.43. The molecule has 1 heterocycles. The molecular weight excluding hydrogens is 235 g/mol. The summed E-state index contributed by atoms with van der Waals surface area (Å²) in [6.45, 7) is 2.08. The quantitative estimate of drug-likeness (QED) is 0.606. The number of hydrogen-bond acceptors (Lipinski definition) is 1. The summed E-state index contributed by atoms with van der Waals surface area (Å²) in [5.74, 6) is 0.897.